The molecule has 0 radical (unpaired) electrons. The van der Waals surface area contributed by atoms with Crippen LogP contribution in [0.15, 0.2) is 77.3 Å². The van der Waals surface area contributed by atoms with E-state index in [9.17, 15) is 0 Å². The first-order valence-corrected chi connectivity index (χ1v) is 9.07. The maximum Gasteiger partial charge on any atom is 0.300 e. The topological polar surface area (TPSA) is 52.2 Å². The van der Waals surface area contributed by atoms with E-state index in [4.69, 9.17) is 9.15 Å². The fourth-order valence-corrected chi connectivity index (χ4v) is 3.42. The molecule has 3 aromatic carbocycles. The van der Waals surface area contributed by atoms with Gasteiger partial charge in [-0.1, -0.05) is 12.1 Å². The monoisotopic (exact) mass is 369 g/mol. The summed E-state index contributed by atoms with van der Waals surface area (Å²) in [5.41, 5.74) is 5.96. The average molecular weight is 369 g/mol. The van der Waals surface area contributed by atoms with Crippen molar-refractivity contribution < 1.29 is 9.15 Å². The molecule has 2 aromatic heterocycles. The largest absolute Gasteiger partial charge is 0.497 e. The summed E-state index contributed by atoms with van der Waals surface area (Å²) in [6.07, 6.45) is 2.08. The Bertz CT molecular complexity index is 1280. The molecule has 5 rings (SSSR count). The lowest BCUT2D eigenvalue weighted by Gasteiger charge is -2.03. The number of anilines is 2. The fourth-order valence-electron chi connectivity index (χ4n) is 3.42. The molecule has 2 heterocycles. The second-order valence-corrected chi connectivity index (χ2v) is 6.76. The molecule has 0 aliphatic heterocycles. The van der Waals surface area contributed by atoms with E-state index in [0.29, 0.717) is 6.01 Å². The summed E-state index contributed by atoms with van der Waals surface area (Å²) in [5.74, 6) is 0.808. The van der Waals surface area contributed by atoms with Gasteiger partial charge in [0.25, 0.3) is 6.01 Å². The van der Waals surface area contributed by atoms with Crippen LogP contribution in [-0.2, 0) is 7.05 Å². The van der Waals surface area contributed by atoms with Crippen molar-refractivity contribution in [2.45, 2.75) is 0 Å². The number of fused-ring (bicyclic) bond motifs is 2. The number of hydrogen-bond acceptors (Lipinski definition) is 4. The molecule has 138 valence electrons. The molecule has 0 unspecified atom stereocenters. The molecular formula is C23H19N3O2. The first-order valence-electron chi connectivity index (χ1n) is 9.07. The number of aryl methyl sites for hydroxylation is 1. The standard InChI is InChI=1S/C23H19N3O2/c1-26-12-11-17-13-15(3-9-21(17)26)16-4-10-22-20(14-16)25-23(28-22)24-18-5-7-19(27-2)8-6-18/h3-14H,1-2H3,(H,24,25). The minimum absolute atomic E-state index is 0.468. The smallest absolute Gasteiger partial charge is 0.300 e. The van der Waals surface area contributed by atoms with Gasteiger partial charge in [0.15, 0.2) is 5.58 Å². The SMILES string of the molecule is COc1ccc(Nc2nc3cc(-c4ccc5c(ccn5C)c4)ccc3o2)cc1. The Kier molecular flexibility index (Phi) is 3.79. The third kappa shape index (κ3) is 2.87. The van der Waals surface area contributed by atoms with Gasteiger partial charge in [-0.05, 0) is 65.7 Å². The van der Waals surface area contributed by atoms with Crippen LogP contribution >= 0.6 is 0 Å². The summed E-state index contributed by atoms with van der Waals surface area (Å²) >= 11 is 0. The molecule has 0 saturated heterocycles. The molecule has 0 aliphatic rings. The molecule has 0 aliphatic carbocycles. The van der Waals surface area contributed by atoms with Crippen LogP contribution in [0.2, 0.25) is 0 Å². The van der Waals surface area contributed by atoms with Gasteiger partial charge in [0.05, 0.1) is 7.11 Å². The van der Waals surface area contributed by atoms with E-state index in [-0.39, 0.29) is 0 Å². The van der Waals surface area contributed by atoms with Crippen molar-refractivity contribution in [3.8, 4) is 16.9 Å². The van der Waals surface area contributed by atoms with Crippen LogP contribution in [0.3, 0.4) is 0 Å². The Morgan fingerprint density at radius 1 is 0.929 bits per heavy atom. The van der Waals surface area contributed by atoms with Crippen molar-refractivity contribution >= 4 is 33.7 Å². The van der Waals surface area contributed by atoms with Gasteiger partial charge >= 0.3 is 0 Å². The quantitative estimate of drug-likeness (QED) is 0.439. The van der Waals surface area contributed by atoms with Crippen LogP contribution in [0.4, 0.5) is 11.7 Å². The highest BCUT2D eigenvalue weighted by Gasteiger charge is 2.09. The normalized spacial score (nSPS) is 11.2. The van der Waals surface area contributed by atoms with E-state index < -0.39 is 0 Å². The predicted molar refractivity (Wildman–Crippen MR) is 112 cm³/mol. The maximum atomic E-state index is 5.84. The molecule has 0 fully saturated rings. The summed E-state index contributed by atoms with van der Waals surface area (Å²) < 4.78 is 13.1. The lowest BCUT2D eigenvalue weighted by molar-refractivity contribution is 0.415. The van der Waals surface area contributed by atoms with Crippen molar-refractivity contribution in [1.82, 2.24) is 9.55 Å². The van der Waals surface area contributed by atoms with Gasteiger partial charge in [0.2, 0.25) is 0 Å². The maximum absolute atomic E-state index is 5.84. The molecule has 0 bridgehead atoms. The number of rotatable bonds is 4. The Morgan fingerprint density at radius 2 is 1.71 bits per heavy atom. The minimum Gasteiger partial charge on any atom is -0.497 e. The summed E-state index contributed by atoms with van der Waals surface area (Å²) in [6, 6.07) is 22.8. The van der Waals surface area contributed by atoms with Crippen LogP contribution in [-0.4, -0.2) is 16.7 Å². The third-order valence-corrected chi connectivity index (χ3v) is 4.95. The van der Waals surface area contributed by atoms with E-state index in [1.54, 1.807) is 7.11 Å². The number of benzene rings is 3. The highest BCUT2D eigenvalue weighted by Crippen LogP contribution is 2.29. The van der Waals surface area contributed by atoms with Crippen molar-refractivity contribution in [3.05, 3.63) is 72.9 Å². The second-order valence-electron chi connectivity index (χ2n) is 6.76. The van der Waals surface area contributed by atoms with Gasteiger partial charge in [0, 0.05) is 29.8 Å². The lowest BCUT2D eigenvalue weighted by atomic mass is 10.0. The van der Waals surface area contributed by atoms with Crippen LogP contribution in [0.25, 0.3) is 33.1 Å². The van der Waals surface area contributed by atoms with Gasteiger partial charge < -0.3 is 19.0 Å². The van der Waals surface area contributed by atoms with Crippen molar-refractivity contribution in [3.63, 3.8) is 0 Å². The number of methoxy groups -OCH3 is 1. The van der Waals surface area contributed by atoms with Crippen LogP contribution < -0.4 is 10.1 Å². The van der Waals surface area contributed by atoms with Gasteiger partial charge in [0.1, 0.15) is 11.3 Å². The number of ether oxygens (including phenoxy) is 1. The van der Waals surface area contributed by atoms with Crippen LogP contribution in [0.1, 0.15) is 0 Å². The molecule has 0 atom stereocenters. The van der Waals surface area contributed by atoms with Gasteiger partial charge in [-0.25, -0.2) is 0 Å². The first kappa shape index (κ1) is 16.4. The molecule has 5 aromatic rings. The zero-order valence-corrected chi connectivity index (χ0v) is 15.6. The molecule has 0 amide bonds. The number of hydrogen-bond donors (Lipinski definition) is 1. The first-order chi connectivity index (χ1) is 13.7. The van der Waals surface area contributed by atoms with E-state index in [0.717, 1.165) is 33.7 Å². The van der Waals surface area contributed by atoms with Crippen LogP contribution in [0.5, 0.6) is 5.75 Å². The molecule has 0 saturated carbocycles. The molecular weight excluding hydrogens is 350 g/mol. The second kappa shape index (κ2) is 6.46. The van der Waals surface area contributed by atoms with Crippen molar-refractivity contribution in [2.24, 2.45) is 7.05 Å². The minimum atomic E-state index is 0.468. The summed E-state index contributed by atoms with van der Waals surface area (Å²) in [7, 11) is 3.71. The van der Waals surface area contributed by atoms with E-state index in [1.165, 1.54) is 10.9 Å². The Hall–Kier alpha value is -3.73. The van der Waals surface area contributed by atoms with Gasteiger partial charge in [-0.15, -0.1) is 0 Å². The molecule has 0 spiro atoms. The van der Waals surface area contributed by atoms with Gasteiger partial charge in [-0.2, -0.15) is 4.98 Å². The fraction of sp³-hybridized carbons (Fsp3) is 0.0870. The number of oxazole rings is 1. The zero-order chi connectivity index (χ0) is 19.1. The van der Waals surface area contributed by atoms with Gasteiger partial charge in [-0.3, -0.25) is 0 Å². The predicted octanol–water partition coefficient (Wildman–Crippen LogP) is 5.74. The van der Waals surface area contributed by atoms with E-state index >= 15 is 0 Å². The lowest BCUT2D eigenvalue weighted by Crippen LogP contribution is -1.90. The Labute approximate surface area is 162 Å². The number of nitrogens with one attached hydrogen (secondary N) is 1. The number of nitrogens with zero attached hydrogens (tertiary/aromatic N) is 2. The average Bonchev–Trinajstić information content (AvgIpc) is 3.30. The third-order valence-electron chi connectivity index (χ3n) is 4.95. The highest BCUT2D eigenvalue weighted by atomic mass is 16.5. The summed E-state index contributed by atoms with van der Waals surface area (Å²) in [5, 5.41) is 4.42. The Morgan fingerprint density at radius 3 is 2.54 bits per heavy atom. The summed E-state index contributed by atoms with van der Waals surface area (Å²) in [4.78, 5) is 4.59. The Balaban J connectivity index is 1.46. The van der Waals surface area contributed by atoms with Crippen LogP contribution in [0, 0.1) is 0 Å². The number of aromatic nitrogens is 2. The van der Waals surface area contributed by atoms with E-state index in [2.05, 4.69) is 64.5 Å². The van der Waals surface area contributed by atoms with Crippen molar-refractivity contribution in [1.29, 1.82) is 0 Å². The zero-order valence-electron chi connectivity index (χ0n) is 15.6. The van der Waals surface area contributed by atoms with Crippen molar-refractivity contribution in [2.75, 3.05) is 12.4 Å². The molecule has 1 N–H and O–H groups in total. The molecule has 5 nitrogen and oxygen atoms in total. The molecule has 28 heavy (non-hydrogen) atoms. The highest BCUT2D eigenvalue weighted by molar-refractivity contribution is 5.88. The van der Waals surface area contributed by atoms with E-state index in [1.807, 2.05) is 30.3 Å². The molecule has 5 heteroatoms. The summed E-state index contributed by atoms with van der Waals surface area (Å²) in [6.45, 7) is 0.